The molecular formula is C26H26N4O3S. The minimum absolute atomic E-state index is 0.0760. The molecule has 0 radical (unpaired) electrons. The summed E-state index contributed by atoms with van der Waals surface area (Å²) in [5.41, 5.74) is 1.42. The highest BCUT2D eigenvalue weighted by molar-refractivity contribution is 7.18. The van der Waals surface area contributed by atoms with Gasteiger partial charge in [0.2, 0.25) is 11.0 Å². The van der Waals surface area contributed by atoms with Crippen molar-refractivity contribution in [1.29, 1.82) is 0 Å². The van der Waals surface area contributed by atoms with Crippen LogP contribution in [0.5, 0.6) is 5.75 Å². The van der Waals surface area contributed by atoms with Crippen molar-refractivity contribution in [2.45, 2.75) is 26.3 Å². The van der Waals surface area contributed by atoms with Crippen LogP contribution in [0.2, 0.25) is 0 Å². The van der Waals surface area contributed by atoms with E-state index in [1.54, 1.807) is 13.2 Å². The summed E-state index contributed by atoms with van der Waals surface area (Å²) in [6.07, 6.45) is 0.723. The van der Waals surface area contributed by atoms with E-state index in [4.69, 9.17) is 4.74 Å². The number of hydrogen-bond acceptors (Lipinski definition) is 6. The van der Waals surface area contributed by atoms with Gasteiger partial charge in [0, 0.05) is 11.1 Å². The molecule has 174 valence electrons. The lowest BCUT2D eigenvalue weighted by Crippen LogP contribution is -2.47. The smallest absolute Gasteiger partial charge is 0.252 e. The zero-order valence-corrected chi connectivity index (χ0v) is 20.1. The number of hydrogen-bond donors (Lipinski definition) is 2. The molecule has 2 amide bonds. The van der Waals surface area contributed by atoms with Crippen molar-refractivity contribution < 1.29 is 14.3 Å². The van der Waals surface area contributed by atoms with Gasteiger partial charge in [0.1, 0.15) is 16.8 Å². The summed E-state index contributed by atoms with van der Waals surface area (Å²) in [5, 5.41) is 16.9. The van der Waals surface area contributed by atoms with E-state index in [0.717, 1.165) is 28.5 Å². The topological polar surface area (TPSA) is 93.2 Å². The number of methoxy groups -OCH3 is 1. The number of aromatic nitrogens is 2. The molecule has 0 saturated heterocycles. The summed E-state index contributed by atoms with van der Waals surface area (Å²) in [6.45, 7) is 3.93. The third-order valence-corrected chi connectivity index (χ3v) is 6.70. The maximum absolute atomic E-state index is 13.2. The number of ether oxygens (including phenoxy) is 1. The number of rotatable bonds is 8. The van der Waals surface area contributed by atoms with Gasteiger partial charge in [0.25, 0.3) is 5.91 Å². The summed E-state index contributed by atoms with van der Waals surface area (Å²) in [4.78, 5) is 26.3. The fourth-order valence-corrected chi connectivity index (χ4v) is 4.40. The van der Waals surface area contributed by atoms with Crippen molar-refractivity contribution in [2.75, 3.05) is 12.4 Å². The second-order valence-corrected chi connectivity index (χ2v) is 8.97. The van der Waals surface area contributed by atoms with E-state index in [1.807, 2.05) is 74.5 Å². The molecule has 0 aliphatic heterocycles. The molecule has 0 aliphatic rings. The van der Waals surface area contributed by atoms with Crippen LogP contribution in [0, 0.1) is 5.92 Å². The van der Waals surface area contributed by atoms with Gasteiger partial charge in [-0.25, -0.2) is 0 Å². The first-order valence-corrected chi connectivity index (χ1v) is 11.9. The van der Waals surface area contributed by atoms with E-state index in [1.165, 1.54) is 11.3 Å². The maximum atomic E-state index is 13.2. The minimum Gasteiger partial charge on any atom is -0.497 e. The van der Waals surface area contributed by atoms with Crippen molar-refractivity contribution >= 4 is 39.1 Å². The predicted octanol–water partition coefficient (Wildman–Crippen LogP) is 5.15. The summed E-state index contributed by atoms with van der Waals surface area (Å²) in [5.74, 6) is 0.0711. The molecule has 7 nitrogen and oxygen atoms in total. The van der Waals surface area contributed by atoms with Crippen LogP contribution in [-0.2, 0) is 4.79 Å². The molecule has 0 saturated carbocycles. The summed E-state index contributed by atoms with van der Waals surface area (Å²) < 4.78 is 5.19. The number of benzene rings is 3. The monoisotopic (exact) mass is 474 g/mol. The number of anilines is 1. The van der Waals surface area contributed by atoms with Crippen LogP contribution in [0.4, 0.5) is 5.13 Å². The van der Waals surface area contributed by atoms with Crippen molar-refractivity contribution in [1.82, 2.24) is 15.5 Å². The van der Waals surface area contributed by atoms with Crippen LogP contribution in [0.3, 0.4) is 0 Å². The Labute approximate surface area is 202 Å². The quantitative estimate of drug-likeness (QED) is 0.368. The Morgan fingerprint density at radius 3 is 2.47 bits per heavy atom. The van der Waals surface area contributed by atoms with Crippen molar-refractivity contribution in [3.05, 3.63) is 72.3 Å². The van der Waals surface area contributed by atoms with Crippen LogP contribution >= 0.6 is 11.3 Å². The summed E-state index contributed by atoms with van der Waals surface area (Å²) in [7, 11) is 1.61. The number of carbonyl (C=O) groups excluding carboxylic acids is 2. The highest BCUT2D eigenvalue weighted by atomic mass is 32.1. The Morgan fingerprint density at radius 2 is 1.74 bits per heavy atom. The van der Waals surface area contributed by atoms with Gasteiger partial charge in [-0.05, 0) is 47.0 Å². The average Bonchev–Trinajstić information content (AvgIpc) is 3.34. The molecule has 4 rings (SSSR count). The lowest BCUT2D eigenvalue weighted by molar-refractivity contribution is -0.119. The normalized spacial score (nSPS) is 12.7. The van der Waals surface area contributed by atoms with E-state index in [0.29, 0.717) is 15.7 Å². The highest BCUT2D eigenvalue weighted by Gasteiger charge is 2.28. The molecule has 3 aromatic carbocycles. The fourth-order valence-electron chi connectivity index (χ4n) is 3.65. The number of nitrogens with one attached hydrogen (secondary N) is 2. The van der Waals surface area contributed by atoms with Gasteiger partial charge in [0.05, 0.1) is 7.11 Å². The molecule has 4 aromatic rings. The third-order valence-electron chi connectivity index (χ3n) is 5.81. The van der Waals surface area contributed by atoms with E-state index >= 15 is 0 Å². The van der Waals surface area contributed by atoms with Gasteiger partial charge in [-0.3, -0.25) is 14.9 Å². The van der Waals surface area contributed by atoms with E-state index < -0.39 is 6.04 Å². The zero-order valence-electron chi connectivity index (χ0n) is 19.2. The van der Waals surface area contributed by atoms with Crippen molar-refractivity contribution in [2.24, 2.45) is 5.92 Å². The Morgan fingerprint density at radius 1 is 1.00 bits per heavy atom. The molecule has 8 heteroatoms. The van der Waals surface area contributed by atoms with Gasteiger partial charge < -0.3 is 10.1 Å². The first-order valence-electron chi connectivity index (χ1n) is 11.1. The van der Waals surface area contributed by atoms with Crippen LogP contribution in [0.25, 0.3) is 21.3 Å². The molecule has 0 spiro atoms. The standard InChI is InChI=1S/C26H26N4O3S/c1-4-16(2)22(27-23(31)21-11-7-9-17-8-5-6-10-20(17)21)24(32)28-26-30-29-25(34-26)18-12-14-19(33-3)15-13-18/h5-16,22H,4H2,1-3H3,(H,27,31)(H,28,30,32). The predicted molar refractivity (Wildman–Crippen MR) is 135 cm³/mol. The lowest BCUT2D eigenvalue weighted by atomic mass is 9.97. The molecule has 0 aliphatic carbocycles. The average molecular weight is 475 g/mol. The molecule has 2 N–H and O–H groups in total. The molecule has 2 atom stereocenters. The molecule has 34 heavy (non-hydrogen) atoms. The number of nitrogens with zero attached hydrogens (tertiary/aromatic N) is 2. The minimum atomic E-state index is -0.718. The lowest BCUT2D eigenvalue weighted by Gasteiger charge is -2.23. The fraction of sp³-hybridized carbons (Fsp3) is 0.231. The molecule has 2 unspecified atom stereocenters. The van der Waals surface area contributed by atoms with E-state index in [-0.39, 0.29) is 17.7 Å². The van der Waals surface area contributed by atoms with Crippen molar-refractivity contribution in [3.63, 3.8) is 0 Å². The Bertz CT molecular complexity index is 1300. The second-order valence-electron chi connectivity index (χ2n) is 7.99. The number of fused-ring (bicyclic) bond motifs is 1. The van der Waals surface area contributed by atoms with Crippen LogP contribution < -0.4 is 15.4 Å². The van der Waals surface area contributed by atoms with Gasteiger partial charge in [-0.1, -0.05) is 68.0 Å². The largest absolute Gasteiger partial charge is 0.497 e. The maximum Gasteiger partial charge on any atom is 0.252 e. The van der Waals surface area contributed by atoms with Crippen LogP contribution in [0.1, 0.15) is 30.6 Å². The Hall–Kier alpha value is -3.78. The van der Waals surface area contributed by atoms with Gasteiger partial charge in [-0.15, -0.1) is 10.2 Å². The summed E-state index contributed by atoms with van der Waals surface area (Å²) >= 11 is 1.27. The van der Waals surface area contributed by atoms with Crippen molar-refractivity contribution in [3.8, 4) is 16.3 Å². The van der Waals surface area contributed by atoms with Gasteiger partial charge >= 0.3 is 0 Å². The SMILES string of the molecule is CCC(C)C(NC(=O)c1cccc2ccccc12)C(=O)Nc1nnc(-c2ccc(OC)cc2)s1. The Balaban J connectivity index is 1.51. The molecular weight excluding hydrogens is 448 g/mol. The molecule has 0 fully saturated rings. The van der Waals surface area contributed by atoms with E-state index in [9.17, 15) is 9.59 Å². The van der Waals surface area contributed by atoms with Crippen LogP contribution in [-0.4, -0.2) is 35.2 Å². The van der Waals surface area contributed by atoms with Crippen LogP contribution in [0.15, 0.2) is 66.7 Å². The number of carbonyl (C=O) groups is 2. The highest BCUT2D eigenvalue weighted by Crippen LogP contribution is 2.28. The first-order chi connectivity index (χ1) is 16.5. The first kappa shape index (κ1) is 23.4. The van der Waals surface area contributed by atoms with Gasteiger partial charge in [0.15, 0.2) is 0 Å². The Kier molecular flexibility index (Phi) is 7.18. The molecule has 1 aromatic heterocycles. The number of amides is 2. The van der Waals surface area contributed by atoms with E-state index in [2.05, 4.69) is 20.8 Å². The third kappa shape index (κ3) is 5.07. The van der Waals surface area contributed by atoms with Gasteiger partial charge in [-0.2, -0.15) is 0 Å². The zero-order chi connectivity index (χ0) is 24.1. The second kappa shape index (κ2) is 10.4. The molecule has 0 bridgehead atoms. The molecule has 1 heterocycles. The summed E-state index contributed by atoms with van der Waals surface area (Å²) in [6, 6.07) is 20.0.